The molecule has 2 heterocycles. The predicted molar refractivity (Wildman–Crippen MR) is 80.6 cm³/mol. The van der Waals surface area contributed by atoms with Crippen LogP contribution in [0.3, 0.4) is 0 Å². The quantitative estimate of drug-likeness (QED) is 0.796. The first-order valence-corrected chi connectivity index (χ1v) is 7.42. The van der Waals surface area contributed by atoms with Gasteiger partial charge in [0.05, 0.1) is 0 Å². The molecule has 0 spiro atoms. The Morgan fingerprint density at radius 1 is 1.50 bits per heavy atom. The number of amides is 3. The summed E-state index contributed by atoms with van der Waals surface area (Å²) in [5.41, 5.74) is 0.954. The number of hydrogen-bond acceptors (Lipinski definition) is 5. The average molecular weight is 296 g/mol. The Morgan fingerprint density at radius 3 is 2.70 bits per heavy atom. The van der Waals surface area contributed by atoms with Gasteiger partial charge < -0.3 is 9.80 Å². The number of amidine groups is 1. The number of carbonyl (C=O) groups excluding carboxylic acids is 2. The van der Waals surface area contributed by atoms with Crippen molar-refractivity contribution in [2.45, 2.75) is 38.2 Å². The van der Waals surface area contributed by atoms with Crippen molar-refractivity contribution in [3.05, 3.63) is 12.2 Å². The van der Waals surface area contributed by atoms with Crippen molar-refractivity contribution in [2.24, 2.45) is 4.99 Å². The molecule has 6 nitrogen and oxygen atoms in total. The zero-order chi connectivity index (χ0) is 15.0. The number of urea groups is 1. The van der Waals surface area contributed by atoms with Crippen molar-refractivity contribution >= 4 is 28.9 Å². The van der Waals surface area contributed by atoms with E-state index in [1.54, 1.807) is 18.8 Å². The van der Waals surface area contributed by atoms with Crippen LogP contribution in [0.2, 0.25) is 0 Å². The Kier molecular flexibility index (Phi) is 4.08. The van der Waals surface area contributed by atoms with Crippen LogP contribution in [0.1, 0.15) is 20.8 Å². The average Bonchev–Trinajstić information content (AvgIpc) is 2.64. The minimum absolute atomic E-state index is 0.289. The Hall–Kier alpha value is -1.50. The summed E-state index contributed by atoms with van der Waals surface area (Å²) in [7, 11) is 1.66. The number of fused-ring (bicyclic) bond motifs is 1. The van der Waals surface area contributed by atoms with E-state index in [2.05, 4.69) is 30.7 Å². The van der Waals surface area contributed by atoms with E-state index in [1.807, 2.05) is 11.8 Å². The fourth-order valence-electron chi connectivity index (χ4n) is 2.27. The van der Waals surface area contributed by atoms with Crippen molar-refractivity contribution in [1.82, 2.24) is 15.1 Å². The van der Waals surface area contributed by atoms with Crippen LogP contribution in [-0.2, 0) is 4.79 Å². The second-order valence-electron chi connectivity index (χ2n) is 5.43. The molecule has 0 radical (unpaired) electrons. The topological polar surface area (TPSA) is 65.0 Å². The molecule has 1 saturated heterocycles. The maximum absolute atomic E-state index is 12.1. The molecule has 7 heteroatoms. The first-order chi connectivity index (χ1) is 9.31. The van der Waals surface area contributed by atoms with Crippen molar-refractivity contribution < 1.29 is 9.59 Å². The number of carbonyl (C=O) groups is 2. The molecule has 2 aliphatic heterocycles. The summed E-state index contributed by atoms with van der Waals surface area (Å²) in [6.07, 6.45) is -0.447. The van der Waals surface area contributed by atoms with Gasteiger partial charge in [-0.15, -0.1) is 0 Å². The lowest BCUT2D eigenvalue weighted by Gasteiger charge is -2.36. The molecule has 2 atom stereocenters. The van der Waals surface area contributed by atoms with E-state index in [1.165, 1.54) is 4.90 Å². The molecule has 1 N–H and O–H groups in total. The summed E-state index contributed by atoms with van der Waals surface area (Å²) in [6, 6.07) is -0.860. The highest BCUT2D eigenvalue weighted by Gasteiger charge is 2.48. The van der Waals surface area contributed by atoms with Gasteiger partial charge in [0.15, 0.2) is 17.4 Å². The molecular formula is C13H20N4O2S. The molecule has 2 aliphatic rings. The van der Waals surface area contributed by atoms with E-state index in [-0.39, 0.29) is 5.91 Å². The third-order valence-corrected chi connectivity index (χ3v) is 4.13. The normalized spacial score (nSPS) is 25.8. The molecule has 20 heavy (non-hydrogen) atoms. The highest BCUT2D eigenvalue weighted by molar-refractivity contribution is 8.14. The van der Waals surface area contributed by atoms with Gasteiger partial charge in [0.1, 0.15) is 0 Å². The van der Waals surface area contributed by atoms with Crippen LogP contribution in [-0.4, -0.2) is 58.0 Å². The summed E-state index contributed by atoms with van der Waals surface area (Å²) in [5.74, 6) is -0.289. The lowest BCUT2D eigenvalue weighted by molar-refractivity contribution is -0.126. The number of aliphatic imine (C=N–C) groups is 1. The highest BCUT2D eigenvalue weighted by Crippen LogP contribution is 2.30. The zero-order valence-corrected chi connectivity index (χ0v) is 13.0. The Morgan fingerprint density at radius 2 is 2.15 bits per heavy atom. The molecule has 3 amide bonds. The summed E-state index contributed by atoms with van der Waals surface area (Å²) in [4.78, 5) is 31.8. The second-order valence-corrected chi connectivity index (χ2v) is 6.97. The lowest BCUT2D eigenvalue weighted by Crippen LogP contribution is -2.63. The minimum Gasteiger partial charge on any atom is -0.332 e. The first-order valence-electron chi connectivity index (χ1n) is 6.54. The summed E-state index contributed by atoms with van der Waals surface area (Å²) < 4.78 is 0. The number of nitrogens with zero attached hydrogens (tertiary/aromatic N) is 3. The minimum atomic E-state index is -0.462. The van der Waals surface area contributed by atoms with Crippen LogP contribution >= 0.6 is 11.8 Å². The number of imide groups is 1. The number of hydrogen-bond donors (Lipinski definition) is 1. The van der Waals surface area contributed by atoms with Crippen LogP contribution in [0, 0.1) is 0 Å². The molecule has 2 unspecified atom stereocenters. The van der Waals surface area contributed by atoms with Crippen molar-refractivity contribution in [1.29, 1.82) is 0 Å². The Bertz CT molecular complexity index is 489. The van der Waals surface area contributed by atoms with Crippen LogP contribution in [0.5, 0.6) is 0 Å². The van der Waals surface area contributed by atoms with E-state index in [9.17, 15) is 9.59 Å². The number of likely N-dealkylation sites (N-methyl/N-ethyl adjacent to an activating group) is 1. The van der Waals surface area contributed by atoms with Crippen LogP contribution in [0.4, 0.5) is 4.79 Å². The van der Waals surface area contributed by atoms with Gasteiger partial charge in [-0.3, -0.25) is 10.1 Å². The maximum atomic E-state index is 12.1. The van der Waals surface area contributed by atoms with Gasteiger partial charge in [-0.1, -0.05) is 37.8 Å². The predicted octanol–water partition coefficient (Wildman–Crippen LogP) is 1.25. The number of thioether (sulfide) groups is 1. The molecular weight excluding hydrogens is 276 g/mol. The van der Waals surface area contributed by atoms with Gasteiger partial charge in [0.2, 0.25) is 0 Å². The lowest BCUT2D eigenvalue weighted by atomic mass is 10.1. The molecule has 0 saturated carbocycles. The van der Waals surface area contributed by atoms with Gasteiger partial charge in [-0.25, -0.2) is 9.79 Å². The number of rotatable bonds is 3. The van der Waals surface area contributed by atoms with E-state index < -0.39 is 18.2 Å². The molecule has 2 rings (SSSR count). The number of nitrogens with one attached hydrogen (secondary N) is 1. The highest BCUT2D eigenvalue weighted by atomic mass is 32.2. The smallest absolute Gasteiger partial charge is 0.325 e. The Balaban J connectivity index is 2.32. The SMILES string of the molecule is C=C(C)CN1C(SC(C)C)=NC2C1C(=O)NC(=O)N2C. The van der Waals surface area contributed by atoms with Gasteiger partial charge in [0.25, 0.3) is 5.91 Å². The Labute approximate surface area is 123 Å². The molecule has 110 valence electrons. The third-order valence-electron chi connectivity index (χ3n) is 3.10. The molecule has 0 aliphatic carbocycles. The van der Waals surface area contributed by atoms with Crippen LogP contribution in [0.25, 0.3) is 0 Å². The van der Waals surface area contributed by atoms with Crippen molar-refractivity contribution in [3.8, 4) is 0 Å². The first kappa shape index (κ1) is 14.9. The third kappa shape index (κ3) is 2.67. The van der Waals surface area contributed by atoms with Crippen molar-refractivity contribution in [3.63, 3.8) is 0 Å². The van der Waals surface area contributed by atoms with Crippen molar-refractivity contribution in [2.75, 3.05) is 13.6 Å². The molecule has 0 bridgehead atoms. The molecule has 0 aromatic heterocycles. The van der Waals surface area contributed by atoms with Gasteiger partial charge >= 0.3 is 6.03 Å². The monoisotopic (exact) mass is 296 g/mol. The second kappa shape index (κ2) is 5.47. The molecule has 0 aromatic carbocycles. The van der Waals surface area contributed by atoms with E-state index in [0.29, 0.717) is 11.8 Å². The standard InChI is InChI=1S/C13H20N4O2S/c1-7(2)6-17-9-10(14-13(17)20-8(3)4)16(5)12(19)15-11(9)18/h8-10H,1,6H2,2-5H3,(H,15,18,19). The van der Waals surface area contributed by atoms with E-state index >= 15 is 0 Å². The fraction of sp³-hybridized carbons (Fsp3) is 0.615. The van der Waals surface area contributed by atoms with E-state index in [4.69, 9.17) is 0 Å². The molecule has 0 aromatic rings. The summed E-state index contributed by atoms with van der Waals surface area (Å²) in [5, 5.41) is 3.52. The van der Waals surface area contributed by atoms with Gasteiger partial charge in [0, 0.05) is 18.8 Å². The van der Waals surface area contributed by atoms with Crippen LogP contribution < -0.4 is 5.32 Å². The summed E-state index contributed by atoms with van der Waals surface area (Å²) in [6.45, 7) is 10.5. The van der Waals surface area contributed by atoms with Gasteiger partial charge in [-0.2, -0.15) is 0 Å². The van der Waals surface area contributed by atoms with Crippen LogP contribution in [0.15, 0.2) is 17.1 Å². The fourth-order valence-corrected chi connectivity index (χ4v) is 3.17. The zero-order valence-electron chi connectivity index (χ0n) is 12.2. The van der Waals surface area contributed by atoms with E-state index in [0.717, 1.165) is 10.7 Å². The summed E-state index contributed by atoms with van der Waals surface area (Å²) >= 11 is 1.60. The largest absolute Gasteiger partial charge is 0.332 e. The molecule has 1 fully saturated rings. The maximum Gasteiger partial charge on any atom is 0.325 e. The van der Waals surface area contributed by atoms with Gasteiger partial charge in [-0.05, 0) is 6.92 Å².